The summed E-state index contributed by atoms with van der Waals surface area (Å²) in [4.78, 5) is 8.61. The van der Waals surface area contributed by atoms with Crippen molar-refractivity contribution in [2.75, 3.05) is 14.2 Å². The van der Waals surface area contributed by atoms with Crippen molar-refractivity contribution >= 4 is 23.2 Å². The van der Waals surface area contributed by atoms with E-state index in [0.29, 0.717) is 39.6 Å². The van der Waals surface area contributed by atoms with Gasteiger partial charge in [-0.05, 0) is 48.9 Å². The highest BCUT2D eigenvalue weighted by Crippen LogP contribution is 2.39. The fourth-order valence-electron chi connectivity index (χ4n) is 2.71. The van der Waals surface area contributed by atoms with Crippen molar-refractivity contribution in [3.05, 3.63) is 58.2 Å². The van der Waals surface area contributed by atoms with Gasteiger partial charge in [0, 0.05) is 22.8 Å². The van der Waals surface area contributed by atoms with Crippen LogP contribution in [0.5, 0.6) is 11.5 Å². The van der Waals surface area contributed by atoms with Gasteiger partial charge in [-0.2, -0.15) is 0 Å². The van der Waals surface area contributed by atoms with Crippen LogP contribution in [-0.2, 0) is 0 Å². The van der Waals surface area contributed by atoms with Gasteiger partial charge >= 0.3 is 0 Å². The molecule has 0 bridgehead atoms. The predicted octanol–water partition coefficient (Wildman–Crippen LogP) is 5.58. The van der Waals surface area contributed by atoms with E-state index in [-0.39, 0.29) is 10.3 Å². The smallest absolute Gasteiger partial charge is 0.223 e. The SMILES string of the molecule is COc1cc(OC)cc(-c2nc(Cl)nc(C)c2-c2ccc(F)cc2Cl)c1. The Kier molecular flexibility index (Phi) is 5.30. The van der Waals surface area contributed by atoms with Crippen molar-refractivity contribution in [3.63, 3.8) is 0 Å². The Bertz CT molecular complexity index is 958. The minimum Gasteiger partial charge on any atom is -0.497 e. The molecule has 7 heteroatoms. The molecule has 1 aromatic heterocycles. The molecule has 0 saturated heterocycles. The lowest BCUT2D eigenvalue weighted by Gasteiger charge is -2.15. The summed E-state index contributed by atoms with van der Waals surface area (Å²) in [6.45, 7) is 1.80. The molecule has 0 spiro atoms. The van der Waals surface area contributed by atoms with Crippen LogP contribution < -0.4 is 9.47 Å². The standard InChI is InChI=1S/C19H15Cl2FN2O2/c1-10-17(15-5-4-12(22)8-16(15)20)18(24-19(21)23-10)11-6-13(25-2)9-14(7-11)26-3/h4-9H,1-3H3. The Morgan fingerprint density at radius 3 is 2.15 bits per heavy atom. The summed E-state index contributed by atoms with van der Waals surface area (Å²) < 4.78 is 24.1. The van der Waals surface area contributed by atoms with Gasteiger partial charge in [0.25, 0.3) is 0 Å². The van der Waals surface area contributed by atoms with Crippen LogP contribution in [-0.4, -0.2) is 24.2 Å². The highest BCUT2D eigenvalue weighted by atomic mass is 35.5. The molecule has 0 aliphatic rings. The highest BCUT2D eigenvalue weighted by molar-refractivity contribution is 6.33. The maximum Gasteiger partial charge on any atom is 0.223 e. The fraction of sp³-hybridized carbons (Fsp3) is 0.158. The van der Waals surface area contributed by atoms with E-state index in [1.165, 1.54) is 12.1 Å². The van der Waals surface area contributed by atoms with Gasteiger partial charge in [0.1, 0.15) is 17.3 Å². The molecule has 134 valence electrons. The summed E-state index contributed by atoms with van der Waals surface area (Å²) in [5, 5.41) is 0.358. The average molecular weight is 393 g/mol. The van der Waals surface area contributed by atoms with Gasteiger partial charge < -0.3 is 9.47 Å². The molecule has 1 heterocycles. The molecule has 2 aromatic carbocycles. The summed E-state index contributed by atoms with van der Waals surface area (Å²) in [6.07, 6.45) is 0. The van der Waals surface area contributed by atoms with Gasteiger partial charge in [-0.15, -0.1) is 0 Å². The third-order valence-corrected chi connectivity index (χ3v) is 4.37. The van der Waals surface area contributed by atoms with E-state index in [9.17, 15) is 4.39 Å². The van der Waals surface area contributed by atoms with Crippen molar-refractivity contribution in [2.24, 2.45) is 0 Å². The minimum atomic E-state index is -0.420. The van der Waals surface area contributed by atoms with Gasteiger partial charge in [-0.3, -0.25) is 0 Å². The van der Waals surface area contributed by atoms with Crippen LogP contribution in [0.3, 0.4) is 0 Å². The van der Waals surface area contributed by atoms with E-state index in [2.05, 4.69) is 9.97 Å². The molecular formula is C19H15Cl2FN2O2. The van der Waals surface area contributed by atoms with E-state index in [4.69, 9.17) is 32.7 Å². The lowest BCUT2D eigenvalue weighted by molar-refractivity contribution is 0.394. The summed E-state index contributed by atoms with van der Waals surface area (Å²) in [7, 11) is 3.13. The third kappa shape index (κ3) is 3.59. The highest BCUT2D eigenvalue weighted by Gasteiger charge is 2.19. The Labute approximate surface area is 160 Å². The molecule has 26 heavy (non-hydrogen) atoms. The second kappa shape index (κ2) is 7.48. The van der Waals surface area contributed by atoms with E-state index in [0.717, 1.165) is 0 Å². The van der Waals surface area contributed by atoms with Crippen LogP contribution in [0, 0.1) is 12.7 Å². The number of halogens is 3. The summed E-state index contributed by atoms with van der Waals surface area (Å²) >= 11 is 12.4. The molecule has 0 aliphatic carbocycles. The molecule has 4 nitrogen and oxygen atoms in total. The zero-order valence-electron chi connectivity index (χ0n) is 14.3. The van der Waals surface area contributed by atoms with Crippen molar-refractivity contribution in [1.29, 1.82) is 0 Å². The number of aryl methyl sites for hydroxylation is 1. The summed E-state index contributed by atoms with van der Waals surface area (Å²) in [5.74, 6) is 0.779. The zero-order valence-corrected chi connectivity index (χ0v) is 15.8. The molecule has 3 rings (SSSR count). The first-order chi connectivity index (χ1) is 12.4. The molecule has 0 radical (unpaired) electrons. The Morgan fingerprint density at radius 1 is 0.923 bits per heavy atom. The Balaban J connectivity index is 2.32. The number of benzene rings is 2. The third-order valence-electron chi connectivity index (χ3n) is 3.89. The second-order valence-corrected chi connectivity index (χ2v) is 6.27. The van der Waals surface area contributed by atoms with Crippen LogP contribution in [0.25, 0.3) is 22.4 Å². The topological polar surface area (TPSA) is 44.2 Å². The molecule has 0 saturated carbocycles. The van der Waals surface area contributed by atoms with Gasteiger partial charge in [-0.25, -0.2) is 14.4 Å². The molecule has 0 unspecified atom stereocenters. The largest absolute Gasteiger partial charge is 0.497 e. The monoisotopic (exact) mass is 392 g/mol. The molecule has 3 aromatic rings. The van der Waals surface area contributed by atoms with Crippen LogP contribution in [0.15, 0.2) is 36.4 Å². The first-order valence-corrected chi connectivity index (χ1v) is 8.41. The van der Waals surface area contributed by atoms with Crippen molar-refractivity contribution in [1.82, 2.24) is 9.97 Å². The van der Waals surface area contributed by atoms with Crippen LogP contribution in [0.2, 0.25) is 10.3 Å². The number of rotatable bonds is 4. The molecular weight excluding hydrogens is 378 g/mol. The van der Waals surface area contributed by atoms with Gasteiger partial charge in [0.05, 0.1) is 30.6 Å². The van der Waals surface area contributed by atoms with Crippen LogP contribution >= 0.6 is 23.2 Å². The van der Waals surface area contributed by atoms with Crippen molar-refractivity contribution in [3.8, 4) is 33.9 Å². The number of nitrogens with zero attached hydrogens (tertiary/aromatic N) is 2. The average Bonchev–Trinajstić information content (AvgIpc) is 2.61. The van der Waals surface area contributed by atoms with Crippen LogP contribution in [0.4, 0.5) is 4.39 Å². The van der Waals surface area contributed by atoms with E-state index < -0.39 is 5.82 Å². The first-order valence-electron chi connectivity index (χ1n) is 7.66. The number of methoxy groups -OCH3 is 2. The normalized spacial score (nSPS) is 10.7. The summed E-state index contributed by atoms with van der Waals surface area (Å²) in [6, 6.07) is 9.55. The quantitative estimate of drug-likeness (QED) is 0.543. The number of ether oxygens (including phenoxy) is 2. The van der Waals surface area contributed by atoms with Gasteiger partial charge in [-0.1, -0.05) is 11.6 Å². The molecule has 0 N–H and O–H groups in total. The molecule has 0 fully saturated rings. The fourth-order valence-corrected chi connectivity index (χ4v) is 3.18. The van der Waals surface area contributed by atoms with Gasteiger partial charge in [0.2, 0.25) is 5.28 Å². The molecule has 0 aliphatic heterocycles. The maximum absolute atomic E-state index is 13.5. The second-order valence-electron chi connectivity index (χ2n) is 5.53. The maximum atomic E-state index is 13.5. The van der Waals surface area contributed by atoms with E-state index in [1.807, 2.05) is 12.1 Å². The van der Waals surface area contributed by atoms with Crippen molar-refractivity contribution < 1.29 is 13.9 Å². The Morgan fingerprint density at radius 2 is 1.58 bits per heavy atom. The lowest BCUT2D eigenvalue weighted by Crippen LogP contribution is -1.99. The van der Waals surface area contributed by atoms with Crippen molar-refractivity contribution in [2.45, 2.75) is 6.92 Å². The zero-order chi connectivity index (χ0) is 18.8. The first kappa shape index (κ1) is 18.4. The number of hydrogen-bond acceptors (Lipinski definition) is 4. The van der Waals surface area contributed by atoms with E-state index in [1.54, 1.807) is 33.3 Å². The van der Waals surface area contributed by atoms with E-state index >= 15 is 0 Å². The predicted molar refractivity (Wildman–Crippen MR) is 101 cm³/mol. The van der Waals surface area contributed by atoms with Crippen LogP contribution in [0.1, 0.15) is 5.69 Å². The minimum absolute atomic E-state index is 0.0984. The Hall–Kier alpha value is -2.37. The lowest BCUT2D eigenvalue weighted by atomic mass is 9.97. The van der Waals surface area contributed by atoms with Gasteiger partial charge in [0.15, 0.2) is 0 Å². The number of aromatic nitrogens is 2. The molecule has 0 atom stereocenters. The number of hydrogen-bond donors (Lipinski definition) is 0. The molecule has 0 amide bonds. The summed E-state index contributed by atoms with van der Waals surface area (Å²) in [5.41, 5.74) is 3.15.